The largest absolute Gasteiger partial charge is 0.303 e. The molecule has 1 aliphatic rings. The lowest BCUT2D eigenvalue weighted by Gasteiger charge is -2.13. The zero-order valence-electron chi connectivity index (χ0n) is 8.42. The lowest BCUT2D eigenvalue weighted by atomic mass is 9.96. The first-order chi connectivity index (χ1) is 7.72. The van der Waals surface area contributed by atoms with Crippen molar-refractivity contribution < 1.29 is 9.72 Å². The first-order valence-corrected chi connectivity index (χ1v) is 4.90. The number of benzene rings is 1. The van der Waals surface area contributed by atoms with E-state index >= 15 is 0 Å². The second kappa shape index (κ2) is 4.38. The van der Waals surface area contributed by atoms with Gasteiger partial charge >= 0.3 is 0 Å². The number of aldehydes is 1. The van der Waals surface area contributed by atoms with Gasteiger partial charge in [0.15, 0.2) is 0 Å². The molecule has 2 N–H and O–H groups in total. The van der Waals surface area contributed by atoms with Crippen molar-refractivity contribution in [2.45, 2.75) is 6.04 Å². The number of nitro groups is 1. The van der Waals surface area contributed by atoms with E-state index in [4.69, 9.17) is 0 Å². The summed E-state index contributed by atoms with van der Waals surface area (Å²) in [5.41, 5.74) is 6.79. The van der Waals surface area contributed by atoms with Gasteiger partial charge in [-0.15, -0.1) is 0 Å². The number of hydrogen-bond acceptors (Lipinski definition) is 5. The second-order valence-electron chi connectivity index (χ2n) is 3.65. The number of nitro benzene ring substituents is 1. The zero-order chi connectivity index (χ0) is 11.5. The predicted molar refractivity (Wildman–Crippen MR) is 56.5 cm³/mol. The third-order valence-electron chi connectivity index (χ3n) is 2.66. The first kappa shape index (κ1) is 10.7. The van der Waals surface area contributed by atoms with Crippen molar-refractivity contribution in [2.24, 2.45) is 5.92 Å². The maximum Gasteiger partial charge on any atom is 0.269 e. The minimum Gasteiger partial charge on any atom is -0.303 e. The first-order valence-electron chi connectivity index (χ1n) is 4.90. The number of non-ortho nitro benzene ring substituents is 1. The summed E-state index contributed by atoms with van der Waals surface area (Å²) in [6, 6.07) is 6.10. The van der Waals surface area contributed by atoms with Crippen LogP contribution in [-0.2, 0) is 4.79 Å². The van der Waals surface area contributed by atoms with E-state index < -0.39 is 4.92 Å². The Balaban J connectivity index is 2.21. The van der Waals surface area contributed by atoms with Crippen LogP contribution in [0.2, 0.25) is 0 Å². The van der Waals surface area contributed by atoms with Gasteiger partial charge in [0, 0.05) is 24.6 Å². The highest BCUT2D eigenvalue weighted by atomic mass is 16.6. The van der Waals surface area contributed by atoms with E-state index in [2.05, 4.69) is 10.9 Å². The molecule has 0 amide bonds. The second-order valence-corrected chi connectivity index (χ2v) is 3.65. The molecular formula is C10H11N3O3. The van der Waals surface area contributed by atoms with E-state index in [1.54, 1.807) is 12.1 Å². The molecule has 0 bridgehead atoms. The molecule has 0 radical (unpaired) electrons. The van der Waals surface area contributed by atoms with Crippen molar-refractivity contribution in [1.29, 1.82) is 0 Å². The number of rotatable bonds is 3. The monoisotopic (exact) mass is 221 g/mol. The third-order valence-corrected chi connectivity index (χ3v) is 2.66. The van der Waals surface area contributed by atoms with Crippen LogP contribution < -0.4 is 10.9 Å². The Morgan fingerprint density at radius 3 is 2.62 bits per heavy atom. The highest BCUT2D eigenvalue weighted by Crippen LogP contribution is 2.24. The van der Waals surface area contributed by atoms with Crippen LogP contribution in [0.3, 0.4) is 0 Å². The predicted octanol–water partition coefficient (Wildman–Crippen LogP) is 0.559. The Labute approximate surface area is 91.8 Å². The van der Waals surface area contributed by atoms with Crippen molar-refractivity contribution >= 4 is 12.0 Å². The van der Waals surface area contributed by atoms with Gasteiger partial charge in [0.05, 0.1) is 11.0 Å². The quantitative estimate of drug-likeness (QED) is 0.442. The summed E-state index contributed by atoms with van der Waals surface area (Å²) in [7, 11) is 0. The van der Waals surface area contributed by atoms with Crippen molar-refractivity contribution in [3.05, 3.63) is 39.9 Å². The van der Waals surface area contributed by atoms with Crippen molar-refractivity contribution in [3.8, 4) is 0 Å². The molecule has 0 spiro atoms. The van der Waals surface area contributed by atoms with E-state index in [0.717, 1.165) is 11.8 Å². The van der Waals surface area contributed by atoms with Crippen LogP contribution in [0.25, 0.3) is 0 Å². The fourth-order valence-corrected chi connectivity index (χ4v) is 1.77. The standard InChI is InChI=1S/C10H11N3O3/c14-6-8-5-11-12-10(8)7-1-3-9(4-2-7)13(15)16/h1-4,6,8,10-12H,5H2. The van der Waals surface area contributed by atoms with Crippen molar-refractivity contribution in [2.75, 3.05) is 6.54 Å². The summed E-state index contributed by atoms with van der Waals surface area (Å²) in [6.45, 7) is 0.575. The fourth-order valence-electron chi connectivity index (χ4n) is 1.77. The molecule has 16 heavy (non-hydrogen) atoms. The number of nitrogens with zero attached hydrogens (tertiary/aromatic N) is 1. The molecule has 0 saturated carbocycles. The van der Waals surface area contributed by atoms with E-state index in [-0.39, 0.29) is 17.6 Å². The van der Waals surface area contributed by atoms with Gasteiger partial charge in [-0.05, 0) is 5.56 Å². The number of nitrogens with one attached hydrogen (secondary N) is 2. The van der Waals surface area contributed by atoms with Gasteiger partial charge in [-0.2, -0.15) is 0 Å². The molecule has 1 aromatic rings. The van der Waals surface area contributed by atoms with Crippen LogP contribution in [0.4, 0.5) is 5.69 Å². The van der Waals surface area contributed by atoms with E-state index in [1.165, 1.54) is 12.1 Å². The van der Waals surface area contributed by atoms with Gasteiger partial charge in [-0.25, -0.2) is 5.43 Å². The molecule has 2 rings (SSSR count). The van der Waals surface area contributed by atoms with Gasteiger partial charge in [0.2, 0.25) is 0 Å². The summed E-state index contributed by atoms with van der Waals surface area (Å²) in [5.74, 6) is -0.138. The maximum atomic E-state index is 10.8. The summed E-state index contributed by atoms with van der Waals surface area (Å²) < 4.78 is 0. The van der Waals surface area contributed by atoms with Crippen LogP contribution in [0.5, 0.6) is 0 Å². The Morgan fingerprint density at radius 1 is 1.38 bits per heavy atom. The van der Waals surface area contributed by atoms with Crippen LogP contribution in [0, 0.1) is 16.0 Å². The molecule has 84 valence electrons. The highest BCUT2D eigenvalue weighted by molar-refractivity contribution is 5.57. The molecule has 6 heteroatoms. The molecule has 1 fully saturated rings. The van der Waals surface area contributed by atoms with Crippen molar-refractivity contribution in [1.82, 2.24) is 10.9 Å². The average Bonchev–Trinajstić information content (AvgIpc) is 2.77. The summed E-state index contributed by atoms with van der Waals surface area (Å²) in [5, 5.41) is 10.5. The van der Waals surface area contributed by atoms with E-state index in [9.17, 15) is 14.9 Å². The summed E-state index contributed by atoms with van der Waals surface area (Å²) in [4.78, 5) is 20.8. The Kier molecular flexibility index (Phi) is 2.93. The Hall–Kier alpha value is -1.79. The van der Waals surface area contributed by atoms with E-state index in [0.29, 0.717) is 6.54 Å². The topological polar surface area (TPSA) is 84.3 Å². The van der Waals surface area contributed by atoms with Crippen LogP contribution in [0.1, 0.15) is 11.6 Å². The van der Waals surface area contributed by atoms with Crippen LogP contribution in [0.15, 0.2) is 24.3 Å². The zero-order valence-corrected chi connectivity index (χ0v) is 8.42. The molecular weight excluding hydrogens is 210 g/mol. The van der Waals surface area contributed by atoms with Gasteiger partial charge in [-0.1, -0.05) is 12.1 Å². The van der Waals surface area contributed by atoms with Crippen molar-refractivity contribution in [3.63, 3.8) is 0 Å². The minimum absolute atomic E-state index is 0.0531. The normalized spacial score (nSPS) is 24.2. The lowest BCUT2D eigenvalue weighted by molar-refractivity contribution is -0.384. The minimum atomic E-state index is -0.443. The molecule has 1 aromatic carbocycles. The van der Waals surface area contributed by atoms with Crippen LogP contribution >= 0.6 is 0 Å². The number of hydrogen-bond donors (Lipinski definition) is 2. The summed E-state index contributed by atoms with van der Waals surface area (Å²) >= 11 is 0. The molecule has 0 aliphatic carbocycles. The smallest absolute Gasteiger partial charge is 0.269 e. The molecule has 2 unspecified atom stereocenters. The Bertz CT molecular complexity index is 404. The average molecular weight is 221 g/mol. The highest BCUT2D eigenvalue weighted by Gasteiger charge is 2.27. The molecule has 1 saturated heterocycles. The number of hydrazine groups is 1. The molecule has 1 aliphatic heterocycles. The fraction of sp³-hybridized carbons (Fsp3) is 0.300. The number of carbonyl (C=O) groups is 1. The molecule has 0 aromatic heterocycles. The molecule has 6 nitrogen and oxygen atoms in total. The van der Waals surface area contributed by atoms with Gasteiger partial charge in [0.25, 0.3) is 5.69 Å². The SMILES string of the molecule is O=CC1CNNC1c1ccc([N+](=O)[O-])cc1. The molecule has 1 heterocycles. The number of carbonyl (C=O) groups excluding carboxylic acids is 1. The van der Waals surface area contributed by atoms with Gasteiger partial charge in [0.1, 0.15) is 6.29 Å². The van der Waals surface area contributed by atoms with E-state index in [1.807, 2.05) is 0 Å². The molecule has 2 atom stereocenters. The summed E-state index contributed by atoms with van der Waals surface area (Å²) in [6.07, 6.45) is 0.888. The van der Waals surface area contributed by atoms with Gasteiger partial charge < -0.3 is 4.79 Å². The van der Waals surface area contributed by atoms with Gasteiger partial charge in [-0.3, -0.25) is 15.5 Å². The Morgan fingerprint density at radius 2 is 2.06 bits per heavy atom. The van der Waals surface area contributed by atoms with Crippen LogP contribution in [-0.4, -0.2) is 17.8 Å². The lowest BCUT2D eigenvalue weighted by Crippen LogP contribution is -2.25. The third kappa shape index (κ3) is 1.93. The maximum absolute atomic E-state index is 10.8.